The summed E-state index contributed by atoms with van der Waals surface area (Å²) in [6, 6.07) is 2.90. The van der Waals surface area contributed by atoms with E-state index in [1.165, 1.54) is 19.1 Å². The van der Waals surface area contributed by atoms with Gasteiger partial charge in [0.1, 0.15) is 0 Å². The number of esters is 1. The number of carbonyl (C=O) groups is 1. The zero-order chi connectivity index (χ0) is 16.4. The predicted molar refractivity (Wildman–Crippen MR) is 86.3 cm³/mol. The first kappa shape index (κ1) is 18.5. The molecular formula is C14H18BrClO4S. The summed E-state index contributed by atoms with van der Waals surface area (Å²) < 4.78 is 28.9. The summed E-state index contributed by atoms with van der Waals surface area (Å²) in [4.78, 5) is 12.1. The number of ether oxygens (including phenoxy) is 1. The van der Waals surface area contributed by atoms with Crippen molar-refractivity contribution in [3.05, 3.63) is 27.7 Å². The van der Waals surface area contributed by atoms with E-state index in [9.17, 15) is 13.2 Å². The predicted octanol–water partition coefficient (Wildman–Crippen LogP) is 4.28. The van der Waals surface area contributed by atoms with Crippen LogP contribution in [0.4, 0.5) is 0 Å². The molecular weight excluding hydrogens is 380 g/mol. The molecule has 0 aliphatic heterocycles. The van der Waals surface area contributed by atoms with Gasteiger partial charge in [-0.25, -0.2) is 13.2 Å². The van der Waals surface area contributed by atoms with Crippen molar-refractivity contribution in [3.63, 3.8) is 0 Å². The Kier molecular flexibility index (Phi) is 6.25. The molecule has 1 rings (SSSR count). The highest BCUT2D eigenvalue weighted by atomic mass is 79.9. The van der Waals surface area contributed by atoms with Gasteiger partial charge in [0.25, 0.3) is 9.05 Å². The van der Waals surface area contributed by atoms with Crippen molar-refractivity contribution in [2.24, 2.45) is 5.92 Å². The molecule has 0 spiro atoms. The number of hydrogen-bond donors (Lipinski definition) is 0. The van der Waals surface area contributed by atoms with Crippen LogP contribution >= 0.6 is 26.6 Å². The molecule has 0 N–H and O–H groups in total. The van der Waals surface area contributed by atoms with E-state index in [1.807, 2.05) is 20.8 Å². The molecule has 0 radical (unpaired) electrons. The minimum absolute atomic E-state index is 0.0954. The van der Waals surface area contributed by atoms with Crippen LogP contribution in [0.1, 0.15) is 43.1 Å². The smallest absolute Gasteiger partial charge is 0.338 e. The lowest BCUT2D eigenvalue weighted by Crippen LogP contribution is -2.18. The Hall–Kier alpha value is -0.590. The number of rotatable bonds is 5. The van der Waals surface area contributed by atoms with Gasteiger partial charge in [0, 0.05) is 15.2 Å². The average Bonchev–Trinajstić information content (AvgIpc) is 2.28. The first-order valence-corrected chi connectivity index (χ1v) is 9.58. The van der Waals surface area contributed by atoms with Crippen LogP contribution in [0.25, 0.3) is 0 Å². The van der Waals surface area contributed by atoms with Crippen LogP contribution in [0.3, 0.4) is 0 Å². The highest BCUT2D eigenvalue weighted by Crippen LogP contribution is 2.28. The van der Waals surface area contributed by atoms with Gasteiger partial charge >= 0.3 is 5.97 Å². The van der Waals surface area contributed by atoms with E-state index < -0.39 is 15.0 Å². The standard InChI is InChI=1S/C14H18BrClO4S/c1-8(2)5-9(3)20-14(17)12-6-11(15)7-13(10(12)4)21(16,18)19/h6-9H,5H2,1-4H3. The molecule has 1 aromatic carbocycles. The molecule has 0 fully saturated rings. The van der Waals surface area contributed by atoms with Crippen molar-refractivity contribution in [3.8, 4) is 0 Å². The van der Waals surface area contributed by atoms with Gasteiger partial charge < -0.3 is 4.74 Å². The molecule has 1 unspecified atom stereocenters. The summed E-state index contributed by atoms with van der Waals surface area (Å²) >= 11 is 3.18. The topological polar surface area (TPSA) is 60.4 Å². The molecule has 0 aromatic heterocycles. The van der Waals surface area contributed by atoms with Crippen molar-refractivity contribution >= 4 is 41.6 Å². The lowest BCUT2D eigenvalue weighted by molar-refractivity contribution is 0.0298. The third kappa shape index (κ3) is 5.27. The Morgan fingerprint density at radius 3 is 2.38 bits per heavy atom. The zero-order valence-electron chi connectivity index (χ0n) is 12.3. The zero-order valence-corrected chi connectivity index (χ0v) is 15.5. The summed E-state index contributed by atoms with van der Waals surface area (Å²) in [5, 5.41) is 0. The maximum atomic E-state index is 12.2. The molecule has 21 heavy (non-hydrogen) atoms. The van der Waals surface area contributed by atoms with Crippen LogP contribution in [-0.2, 0) is 13.8 Å². The highest BCUT2D eigenvalue weighted by Gasteiger charge is 2.22. The van der Waals surface area contributed by atoms with Crippen molar-refractivity contribution in [1.29, 1.82) is 0 Å². The summed E-state index contributed by atoms with van der Waals surface area (Å²) in [7, 11) is 1.46. The number of benzene rings is 1. The molecule has 4 nitrogen and oxygen atoms in total. The summed E-state index contributed by atoms with van der Waals surface area (Å²) in [5.41, 5.74) is 0.481. The lowest BCUT2D eigenvalue weighted by atomic mass is 10.1. The summed E-state index contributed by atoms with van der Waals surface area (Å²) in [5.74, 6) is -0.154. The Labute approximate surface area is 138 Å². The van der Waals surface area contributed by atoms with Gasteiger partial charge in [-0.15, -0.1) is 0 Å². The summed E-state index contributed by atoms with van der Waals surface area (Å²) in [6.07, 6.45) is 0.492. The molecule has 0 heterocycles. The molecule has 118 valence electrons. The summed E-state index contributed by atoms with van der Waals surface area (Å²) in [6.45, 7) is 7.41. The number of halogens is 2. The second kappa shape index (κ2) is 7.11. The van der Waals surface area contributed by atoms with Crippen LogP contribution < -0.4 is 0 Å². The second-order valence-electron chi connectivity index (χ2n) is 5.36. The fourth-order valence-corrected chi connectivity index (χ4v) is 3.91. The second-order valence-corrected chi connectivity index (χ2v) is 8.81. The quantitative estimate of drug-likeness (QED) is 0.549. The van der Waals surface area contributed by atoms with Crippen LogP contribution in [0.2, 0.25) is 0 Å². The van der Waals surface area contributed by atoms with Crippen molar-refractivity contribution < 1.29 is 17.9 Å². The van der Waals surface area contributed by atoms with E-state index in [4.69, 9.17) is 15.4 Å². The normalized spacial score (nSPS) is 13.3. The number of hydrogen-bond acceptors (Lipinski definition) is 4. The number of carbonyl (C=O) groups excluding carboxylic acids is 1. The van der Waals surface area contributed by atoms with Crippen LogP contribution in [-0.4, -0.2) is 20.5 Å². The van der Waals surface area contributed by atoms with Gasteiger partial charge in [0.15, 0.2) is 0 Å². The Morgan fingerprint density at radius 1 is 1.33 bits per heavy atom. The van der Waals surface area contributed by atoms with E-state index in [-0.39, 0.29) is 22.1 Å². The van der Waals surface area contributed by atoms with Crippen molar-refractivity contribution in [2.45, 2.75) is 45.1 Å². The van der Waals surface area contributed by atoms with E-state index in [0.29, 0.717) is 10.4 Å². The highest BCUT2D eigenvalue weighted by molar-refractivity contribution is 9.10. The third-order valence-electron chi connectivity index (χ3n) is 2.92. The minimum Gasteiger partial charge on any atom is -0.459 e. The van der Waals surface area contributed by atoms with Crippen molar-refractivity contribution in [1.82, 2.24) is 0 Å². The fourth-order valence-electron chi connectivity index (χ4n) is 2.08. The van der Waals surface area contributed by atoms with Gasteiger partial charge in [-0.05, 0) is 43.9 Å². The first-order chi connectivity index (χ1) is 9.52. The Balaban J connectivity index is 3.14. The molecule has 7 heteroatoms. The molecule has 1 atom stereocenters. The van der Waals surface area contributed by atoms with Crippen LogP contribution in [0.5, 0.6) is 0 Å². The molecule has 0 saturated heterocycles. The SMILES string of the molecule is Cc1c(C(=O)OC(C)CC(C)C)cc(Br)cc1S(=O)(=O)Cl. The van der Waals surface area contributed by atoms with Gasteiger partial charge in [-0.1, -0.05) is 29.8 Å². The molecule has 0 saturated carbocycles. The van der Waals surface area contributed by atoms with E-state index >= 15 is 0 Å². The maximum absolute atomic E-state index is 12.2. The first-order valence-electron chi connectivity index (χ1n) is 6.48. The monoisotopic (exact) mass is 396 g/mol. The van der Waals surface area contributed by atoms with E-state index in [2.05, 4.69) is 15.9 Å². The maximum Gasteiger partial charge on any atom is 0.338 e. The molecule has 1 aromatic rings. The third-order valence-corrected chi connectivity index (χ3v) is 4.82. The van der Waals surface area contributed by atoms with Gasteiger partial charge in [-0.2, -0.15) is 0 Å². The lowest BCUT2D eigenvalue weighted by Gasteiger charge is -2.17. The van der Waals surface area contributed by atoms with Gasteiger partial charge in [-0.3, -0.25) is 0 Å². The van der Waals surface area contributed by atoms with Gasteiger partial charge in [0.05, 0.1) is 16.6 Å². The Morgan fingerprint density at radius 2 is 1.90 bits per heavy atom. The largest absolute Gasteiger partial charge is 0.459 e. The average molecular weight is 398 g/mol. The minimum atomic E-state index is -3.93. The van der Waals surface area contributed by atoms with E-state index in [1.54, 1.807) is 0 Å². The van der Waals surface area contributed by atoms with E-state index in [0.717, 1.165) is 6.42 Å². The van der Waals surface area contributed by atoms with Crippen LogP contribution in [0, 0.1) is 12.8 Å². The van der Waals surface area contributed by atoms with Crippen LogP contribution in [0.15, 0.2) is 21.5 Å². The molecule has 0 aliphatic rings. The fraction of sp³-hybridized carbons (Fsp3) is 0.500. The Bertz CT molecular complexity index is 641. The molecule has 0 amide bonds. The molecule has 0 bridgehead atoms. The molecule has 0 aliphatic carbocycles. The van der Waals surface area contributed by atoms with Gasteiger partial charge in [0.2, 0.25) is 0 Å². The van der Waals surface area contributed by atoms with Crippen molar-refractivity contribution in [2.75, 3.05) is 0 Å².